The standard InChI is InChI=1S/C24H17Cl2F6N7O2/c1-11-6-12(25)7-15(22(41)33-2)14(11)9-18(40)17-8-13(35-39(17)21-16(26)4-3-5-34-21)10-38-36-19(23(27,28)29)20(37-38)24(30,31)32/h3-8H,9-10H2,1-2H3,(H,33,41). The van der Waals surface area contributed by atoms with Crippen LogP contribution in [0.25, 0.3) is 5.82 Å². The van der Waals surface area contributed by atoms with E-state index < -0.39 is 42.0 Å². The Hall–Kier alpha value is -3.98. The lowest BCUT2D eigenvalue weighted by molar-refractivity contribution is -0.165. The number of rotatable bonds is 7. The van der Waals surface area contributed by atoms with E-state index in [1.54, 1.807) is 13.0 Å². The van der Waals surface area contributed by atoms with E-state index in [1.807, 2.05) is 0 Å². The summed E-state index contributed by atoms with van der Waals surface area (Å²) < 4.78 is 80.3. The molecular weight excluding hydrogens is 603 g/mol. The molecule has 3 heterocycles. The van der Waals surface area contributed by atoms with Crippen molar-refractivity contribution in [2.75, 3.05) is 7.05 Å². The van der Waals surface area contributed by atoms with Crippen molar-refractivity contribution in [2.45, 2.75) is 32.2 Å². The SMILES string of the molecule is CNC(=O)c1cc(Cl)cc(C)c1CC(=O)c1cc(Cn2nc(C(F)(F)F)c(C(F)(F)F)n2)nn1-c1ncccc1Cl. The Morgan fingerprint density at radius 3 is 2.17 bits per heavy atom. The second kappa shape index (κ2) is 11.1. The lowest BCUT2D eigenvalue weighted by Crippen LogP contribution is -2.22. The molecule has 0 unspecified atom stereocenters. The van der Waals surface area contributed by atoms with Gasteiger partial charge in [0.05, 0.1) is 10.7 Å². The Labute approximate surface area is 237 Å². The van der Waals surface area contributed by atoms with Crippen molar-refractivity contribution in [3.8, 4) is 5.82 Å². The molecule has 0 atom stereocenters. The molecule has 0 aliphatic heterocycles. The molecule has 4 aromatic rings. The van der Waals surface area contributed by atoms with Gasteiger partial charge in [-0.1, -0.05) is 23.2 Å². The minimum Gasteiger partial charge on any atom is -0.355 e. The van der Waals surface area contributed by atoms with Crippen molar-refractivity contribution in [3.63, 3.8) is 0 Å². The zero-order chi connectivity index (χ0) is 30.3. The van der Waals surface area contributed by atoms with Crippen LogP contribution in [0.15, 0.2) is 36.5 Å². The van der Waals surface area contributed by atoms with Crippen LogP contribution in [-0.4, -0.2) is 48.5 Å². The van der Waals surface area contributed by atoms with E-state index >= 15 is 0 Å². The number of halogens is 8. The van der Waals surface area contributed by atoms with Gasteiger partial charge in [0.2, 0.25) is 0 Å². The highest BCUT2D eigenvalue weighted by molar-refractivity contribution is 6.32. The molecule has 1 N–H and O–H groups in total. The molecule has 0 spiro atoms. The predicted octanol–water partition coefficient (Wildman–Crippen LogP) is 5.34. The van der Waals surface area contributed by atoms with Gasteiger partial charge in [0.15, 0.2) is 23.0 Å². The van der Waals surface area contributed by atoms with Crippen molar-refractivity contribution in [1.82, 2.24) is 35.1 Å². The topological polar surface area (TPSA) is 108 Å². The van der Waals surface area contributed by atoms with Crippen LogP contribution in [0.4, 0.5) is 26.3 Å². The molecule has 0 aliphatic carbocycles. The molecule has 0 fully saturated rings. The van der Waals surface area contributed by atoms with Gasteiger partial charge in [-0.3, -0.25) is 9.59 Å². The third-order valence-electron chi connectivity index (χ3n) is 5.73. The summed E-state index contributed by atoms with van der Waals surface area (Å²) in [7, 11) is 1.40. The summed E-state index contributed by atoms with van der Waals surface area (Å²) >= 11 is 12.3. The Bertz CT molecular complexity index is 1610. The van der Waals surface area contributed by atoms with Crippen LogP contribution < -0.4 is 5.32 Å². The first-order chi connectivity index (χ1) is 19.1. The first kappa shape index (κ1) is 30.0. The molecule has 216 valence electrons. The van der Waals surface area contributed by atoms with Crippen molar-refractivity contribution in [1.29, 1.82) is 0 Å². The van der Waals surface area contributed by atoms with Crippen LogP contribution in [-0.2, 0) is 25.3 Å². The van der Waals surface area contributed by atoms with E-state index in [4.69, 9.17) is 23.2 Å². The van der Waals surface area contributed by atoms with Crippen LogP contribution >= 0.6 is 23.2 Å². The van der Waals surface area contributed by atoms with Gasteiger partial charge in [-0.25, -0.2) is 9.67 Å². The quantitative estimate of drug-likeness (QED) is 0.221. The number of hydrogen-bond donors (Lipinski definition) is 1. The van der Waals surface area contributed by atoms with E-state index in [1.165, 1.54) is 31.4 Å². The van der Waals surface area contributed by atoms with Gasteiger partial charge in [0.25, 0.3) is 5.91 Å². The number of amides is 1. The molecule has 41 heavy (non-hydrogen) atoms. The van der Waals surface area contributed by atoms with Crippen LogP contribution in [0.2, 0.25) is 10.0 Å². The van der Waals surface area contributed by atoms with Crippen LogP contribution in [0.3, 0.4) is 0 Å². The Balaban J connectivity index is 1.79. The molecule has 9 nitrogen and oxygen atoms in total. The summed E-state index contributed by atoms with van der Waals surface area (Å²) in [6.07, 6.45) is -9.87. The van der Waals surface area contributed by atoms with Crippen LogP contribution in [0.5, 0.6) is 0 Å². The number of ketones is 1. The van der Waals surface area contributed by atoms with E-state index in [0.29, 0.717) is 11.1 Å². The fourth-order valence-corrected chi connectivity index (χ4v) is 4.42. The third kappa shape index (κ3) is 6.35. The van der Waals surface area contributed by atoms with E-state index in [2.05, 4.69) is 25.6 Å². The number of pyridine rings is 1. The zero-order valence-corrected chi connectivity index (χ0v) is 22.4. The Morgan fingerprint density at radius 1 is 0.976 bits per heavy atom. The van der Waals surface area contributed by atoms with Gasteiger partial charge in [0, 0.05) is 30.3 Å². The first-order valence-electron chi connectivity index (χ1n) is 11.4. The second-order valence-electron chi connectivity index (χ2n) is 8.59. The summed E-state index contributed by atoms with van der Waals surface area (Å²) in [5.41, 5.74) is -3.79. The molecular formula is C24H17Cl2F6N7O2. The molecule has 0 radical (unpaired) electrons. The van der Waals surface area contributed by atoms with Gasteiger partial charge in [0.1, 0.15) is 12.2 Å². The molecule has 17 heteroatoms. The number of aryl methyl sites for hydroxylation is 1. The number of alkyl halides is 6. The number of aromatic nitrogens is 6. The van der Waals surface area contributed by atoms with Crippen molar-refractivity contribution < 1.29 is 35.9 Å². The van der Waals surface area contributed by atoms with Crippen molar-refractivity contribution >= 4 is 34.9 Å². The van der Waals surface area contributed by atoms with Crippen molar-refractivity contribution in [2.24, 2.45) is 0 Å². The maximum atomic E-state index is 13.6. The fourth-order valence-electron chi connectivity index (χ4n) is 3.94. The highest BCUT2D eigenvalue weighted by Gasteiger charge is 2.48. The average molecular weight is 620 g/mol. The average Bonchev–Trinajstić information content (AvgIpc) is 3.50. The monoisotopic (exact) mass is 619 g/mol. The molecule has 1 amide bonds. The highest BCUT2D eigenvalue weighted by atomic mass is 35.5. The molecule has 4 rings (SSSR count). The lowest BCUT2D eigenvalue weighted by Gasteiger charge is -2.13. The summed E-state index contributed by atoms with van der Waals surface area (Å²) in [4.78, 5) is 30.3. The highest BCUT2D eigenvalue weighted by Crippen LogP contribution is 2.38. The van der Waals surface area contributed by atoms with E-state index in [9.17, 15) is 35.9 Å². The fraction of sp³-hybridized carbons (Fsp3) is 0.250. The van der Waals surface area contributed by atoms with Gasteiger partial charge in [-0.05, 0) is 48.4 Å². The molecule has 1 aromatic carbocycles. The van der Waals surface area contributed by atoms with E-state index in [0.717, 1.165) is 10.7 Å². The second-order valence-corrected chi connectivity index (χ2v) is 9.44. The predicted molar refractivity (Wildman–Crippen MR) is 133 cm³/mol. The van der Waals surface area contributed by atoms with Gasteiger partial charge >= 0.3 is 12.4 Å². The maximum absolute atomic E-state index is 13.6. The number of hydrogen-bond acceptors (Lipinski definition) is 6. The van der Waals surface area contributed by atoms with Crippen molar-refractivity contribution in [3.05, 3.63) is 86.0 Å². The molecule has 0 aliphatic rings. The number of carbonyl (C=O) groups excluding carboxylic acids is 2. The summed E-state index contributed by atoms with van der Waals surface area (Å²) in [6, 6.07) is 7.01. The van der Waals surface area contributed by atoms with Gasteiger partial charge < -0.3 is 5.32 Å². The summed E-state index contributed by atoms with van der Waals surface area (Å²) in [5, 5.41) is 12.9. The number of nitrogens with one attached hydrogen (secondary N) is 1. The Morgan fingerprint density at radius 2 is 1.61 bits per heavy atom. The number of nitrogens with zero attached hydrogens (tertiary/aromatic N) is 6. The van der Waals surface area contributed by atoms with Gasteiger partial charge in [-0.15, -0.1) is 10.2 Å². The molecule has 0 saturated carbocycles. The summed E-state index contributed by atoms with van der Waals surface area (Å²) in [6.45, 7) is 0.874. The lowest BCUT2D eigenvalue weighted by atomic mass is 9.95. The Kier molecular flexibility index (Phi) is 8.14. The number of Topliss-reactive ketones (excluding diaryl/α,β-unsaturated/α-hetero) is 1. The minimum atomic E-state index is -5.43. The zero-order valence-electron chi connectivity index (χ0n) is 20.9. The maximum Gasteiger partial charge on any atom is 0.437 e. The third-order valence-corrected chi connectivity index (χ3v) is 6.24. The van der Waals surface area contributed by atoms with E-state index in [-0.39, 0.29) is 44.0 Å². The van der Waals surface area contributed by atoms with Crippen LogP contribution in [0, 0.1) is 6.92 Å². The molecule has 0 bridgehead atoms. The molecule has 3 aromatic heterocycles. The normalized spacial score (nSPS) is 12.0. The van der Waals surface area contributed by atoms with Gasteiger partial charge in [-0.2, -0.15) is 36.2 Å². The first-order valence-corrected chi connectivity index (χ1v) is 12.2. The summed E-state index contributed by atoms with van der Waals surface area (Å²) in [5.74, 6) is -1.17. The largest absolute Gasteiger partial charge is 0.437 e. The number of benzene rings is 1. The molecule has 0 saturated heterocycles. The smallest absolute Gasteiger partial charge is 0.355 e. The van der Waals surface area contributed by atoms with Crippen LogP contribution in [0.1, 0.15) is 49.1 Å². The number of carbonyl (C=O) groups is 2. The minimum absolute atomic E-state index is 0.0384.